The predicted octanol–water partition coefficient (Wildman–Crippen LogP) is 1.20. The minimum absolute atomic E-state index is 0.0241. The zero-order chi connectivity index (χ0) is 13.8. The molecule has 1 aromatic rings. The average molecular weight is 252 g/mol. The Hall–Kier alpha value is -1.36. The monoisotopic (exact) mass is 252 g/mol. The molecule has 0 saturated heterocycles. The molecule has 0 aliphatic carbocycles. The van der Waals surface area contributed by atoms with E-state index in [1.807, 2.05) is 38.6 Å². The van der Waals surface area contributed by atoms with Crippen molar-refractivity contribution in [1.82, 2.24) is 20.2 Å². The first kappa shape index (κ1) is 14.7. The number of aryl methyl sites for hydroxylation is 1. The molecule has 0 saturated carbocycles. The predicted molar refractivity (Wildman–Crippen MR) is 72.0 cm³/mol. The van der Waals surface area contributed by atoms with Gasteiger partial charge in [-0.2, -0.15) is 0 Å². The van der Waals surface area contributed by atoms with Gasteiger partial charge in [-0.1, -0.05) is 6.92 Å². The number of hydrogen-bond donors (Lipinski definition) is 2. The molecule has 5 heteroatoms. The van der Waals surface area contributed by atoms with Gasteiger partial charge in [0.05, 0.1) is 12.6 Å². The third kappa shape index (κ3) is 4.14. The maximum absolute atomic E-state index is 12.0. The van der Waals surface area contributed by atoms with Crippen molar-refractivity contribution >= 4 is 5.91 Å². The van der Waals surface area contributed by atoms with Gasteiger partial charge in [0.15, 0.2) is 0 Å². The molecule has 0 fully saturated rings. The highest BCUT2D eigenvalue weighted by molar-refractivity contribution is 5.81. The van der Waals surface area contributed by atoms with Crippen molar-refractivity contribution in [1.29, 1.82) is 0 Å². The van der Waals surface area contributed by atoms with E-state index >= 15 is 0 Å². The molecule has 18 heavy (non-hydrogen) atoms. The molecule has 0 spiro atoms. The molecule has 0 aliphatic rings. The lowest BCUT2D eigenvalue weighted by molar-refractivity contribution is -0.124. The fourth-order valence-corrected chi connectivity index (χ4v) is 1.43. The molecule has 1 heterocycles. The smallest absolute Gasteiger partial charge is 0.237 e. The third-order valence-electron chi connectivity index (χ3n) is 3.23. The SMILES string of the molecule is CCC(C)(C)NC(=O)C(C)NCc1nccn1C. The van der Waals surface area contributed by atoms with Crippen LogP contribution in [0.1, 0.15) is 39.9 Å². The Bertz CT molecular complexity index is 397. The van der Waals surface area contributed by atoms with Crippen LogP contribution in [-0.2, 0) is 18.4 Å². The lowest BCUT2D eigenvalue weighted by Crippen LogP contribution is -2.50. The average Bonchev–Trinajstić information content (AvgIpc) is 2.71. The van der Waals surface area contributed by atoms with Crippen LogP contribution >= 0.6 is 0 Å². The highest BCUT2D eigenvalue weighted by Gasteiger charge is 2.21. The molecule has 1 atom stereocenters. The van der Waals surface area contributed by atoms with Crippen molar-refractivity contribution in [3.8, 4) is 0 Å². The van der Waals surface area contributed by atoms with Gasteiger partial charge in [-0.25, -0.2) is 4.98 Å². The highest BCUT2D eigenvalue weighted by atomic mass is 16.2. The standard InChI is InChI=1S/C13H24N4O/c1-6-13(3,4)16-12(18)10(2)15-9-11-14-7-8-17(11)5/h7-8,10,15H,6,9H2,1-5H3,(H,16,18). The number of carbonyl (C=O) groups excluding carboxylic acids is 1. The lowest BCUT2D eigenvalue weighted by Gasteiger charge is -2.26. The van der Waals surface area contributed by atoms with Crippen molar-refractivity contribution in [3.63, 3.8) is 0 Å². The van der Waals surface area contributed by atoms with Gasteiger partial charge in [0.25, 0.3) is 0 Å². The second-order valence-corrected chi connectivity index (χ2v) is 5.28. The van der Waals surface area contributed by atoms with Gasteiger partial charge >= 0.3 is 0 Å². The van der Waals surface area contributed by atoms with E-state index in [2.05, 4.69) is 22.5 Å². The Morgan fingerprint density at radius 1 is 1.56 bits per heavy atom. The van der Waals surface area contributed by atoms with E-state index in [4.69, 9.17) is 0 Å². The molecule has 0 aliphatic heterocycles. The van der Waals surface area contributed by atoms with E-state index in [1.54, 1.807) is 6.20 Å². The first-order chi connectivity index (χ1) is 8.35. The maximum atomic E-state index is 12.0. The van der Waals surface area contributed by atoms with Gasteiger partial charge in [0.1, 0.15) is 5.82 Å². The summed E-state index contributed by atoms with van der Waals surface area (Å²) in [4.78, 5) is 16.2. The van der Waals surface area contributed by atoms with Gasteiger partial charge in [-0.15, -0.1) is 0 Å². The maximum Gasteiger partial charge on any atom is 0.237 e. The zero-order valence-electron chi connectivity index (χ0n) is 11.9. The number of nitrogens with one attached hydrogen (secondary N) is 2. The molecular weight excluding hydrogens is 228 g/mol. The molecule has 1 unspecified atom stereocenters. The second-order valence-electron chi connectivity index (χ2n) is 5.28. The van der Waals surface area contributed by atoms with Crippen molar-refractivity contribution in [2.45, 2.75) is 52.2 Å². The van der Waals surface area contributed by atoms with Crippen molar-refractivity contribution in [2.24, 2.45) is 7.05 Å². The normalized spacial score (nSPS) is 13.4. The summed E-state index contributed by atoms with van der Waals surface area (Å²) in [5.41, 5.74) is -0.157. The topological polar surface area (TPSA) is 59.0 Å². The number of amides is 1. The number of carbonyl (C=O) groups is 1. The van der Waals surface area contributed by atoms with E-state index in [-0.39, 0.29) is 17.5 Å². The Morgan fingerprint density at radius 3 is 2.72 bits per heavy atom. The lowest BCUT2D eigenvalue weighted by atomic mass is 10.0. The third-order valence-corrected chi connectivity index (χ3v) is 3.23. The summed E-state index contributed by atoms with van der Waals surface area (Å²) < 4.78 is 1.94. The number of nitrogens with zero attached hydrogens (tertiary/aromatic N) is 2. The molecule has 1 rings (SSSR count). The van der Waals surface area contributed by atoms with Crippen molar-refractivity contribution < 1.29 is 4.79 Å². The summed E-state index contributed by atoms with van der Waals surface area (Å²) in [5.74, 6) is 0.945. The molecule has 0 bridgehead atoms. The highest BCUT2D eigenvalue weighted by Crippen LogP contribution is 2.07. The summed E-state index contributed by atoms with van der Waals surface area (Å²) >= 11 is 0. The zero-order valence-corrected chi connectivity index (χ0v) is 11.9. The summed E-state index contributed by atoms with van der Waals surface area (Å²) in [6.45, 7) is 8.56. The Labute approximate surface area is 109 Å². The number of hydrogen-bond acceptors (Lipinski definition) is 3. The van der Waals surface area contributed by atoms with E-state index in [0.717, 1.165) is 12.2 Å². The van der Waals surface area contributed by atoms with Gasteiger partial charge in [0.2, 0.25) is 5.91 Å². The molecule has 1 aromatic heterocycles. The molecule has 1 amide bonds. The Morgan fingerprint density at radius 2 is 2.22 bits per heavy atom. The summed E-state index contributed by atoms with van der Waals surface area (Å²) in [7, 11) is 1.94. The second kappa shape index (κ2) is 6.00. The molecule has 2 N–H and O–H groups in total. The molecule has 5 nitrogen and oxygen atoms in total. The van der Waals surface area contributed by atoms with E-state index < -0.39 is 0 Å². The summed E-state index contributed by atoms with van der Waals surface area (Å²) in [6.07, 6.45) is 4.55. The minimum Gasteiger partial charge on any atom is -0.350 e. The Balaban J connectivity index is 2.43. The molecule has 0 radical (unpaired) electrons. The quantitative estimate of drug-likeness (QED) is 0.800. The van der Waals surface area contributed by atoms with Gasteiger partial charge < -0.3 is 9.88 Å². The van der Waals surface area contributed by atoms with E-state index in [9.17, 15) is 4.79 Å². The Kier molecular flexibility index (Phi) is 4.90. The van der Waals surface area contributed by atoms with Gasteiger partial charge in [0, 0.05) is 25.0 Å². The van der Waals surface area contributed by atoms with Crippen LogP contribution in [0.2, 0.25) is 0 Å². The number of aromatic nitrogens is 2. The fourth-order valence-electron chi connectivity index (χ4n) is 1.43. The van der Waals surface area contributed by atoms with Crippen molar-refractivity contribution in [3.05, 3.63) is 18.2 Å². The van der Waals surface area contributed by atoms with Crippen LogP contribution < -0.4 is 10.6 Å². The van der Waals surface area contributed by atoms with Crippen LogP contribution in [0.4, 0.5) is 0 Å². The number of rotatable bonds is 6. The summed E-state index contributed by atoms with van der Waals surface area (Å²) in [6, 6.07) is -0.229. The largest absolute Gasteiger partial charge is 0.350 e. The summed E-state index contributed by atoms with van der Waals surface area (Å²) in [5, 5.41) is 6.20. The van der Waals surface area contributed by atoms with Crippen LogP contribution in [0.25, 0.3) is 0 Å². The molecule has 0 aromatic carbocycles. The van der Waals surface area contributed by atoms with E-state index in [1.165, 1.54) is 0 Å². The molecule has 102 valence electrons. The van der Waals surface area contributed by atoms with E-state index in [0.29, 0.717) is 6.54 Å². The van der Waals surface area contributed by atoms with Gasteiger partial charge in [-0.05, 0) is 27.2 Å². The fraction of sp³-hybridized carbons (Fsp3) is 0.692. The van der Waals surface area contributed by atoms with Crippen LogP contribution in [0.15, 0.2) is 12.4 Å². The van der Waals surface area contributed by atoms with Gasteiger partial charge in [-0.3, -0.25) is 10.1 Å². The van der Waals surface area contributed by atoms with Crippen LogP contribution in [0.3, 0.4) is 0 Å². The van der Waals surface area contributed by atoms with Crippen molar-refractivity contribution in [2.75, 3.05) is 0 Å². The number of imidazole rings is 1. The first-order valence-electron chi connectivity index (χ1n) is 6.37. The van der Waals surface area contributed by atoms with Crippen LogP contribution in [-0.4, -0.2) is 27.0 Å². The minimum atomic E-state index is -0.229. The van der Waals surface area contributed by atoms with Crippen LogP contribution in [0.5, 0.6) is 0 Å². The van der Waals surface area contributed by atoms with Crippen LogP contribution in [0, 0.1) is 0 Å². The molecular formula is C13H24N4O. The first-order valence-corrected chi connectivity index (χ1v) is 6.37.